The van der Waals surface area contributed by atoms with E-state index in [0.717, 1.165) is 22.7 Å². The minimum atomic E-state index is -0.267. The standard InChI is InChI=1S/C25H19N3O3S/c1-31-20-13-7-16(8-14-20)23(30)24-22(27)21(15-26)25(32-24)28(17-5-3-2-4-6-17)18-9-11-19(29)12-10-18/h2-14,29H,27H2,1H3. The minimum Gasteiger partial charge on any atom is -0.508 e. The lowest BCUT2D eigenvalue weighted by atomic mass is 10.1. The number of phenols is 1. The number of nitrogen functional groups attached to an aromatic ring is 1. The van der Waals surface area contributed by atoms with Crippen LogP contribution in [0.15, 0.2) is 78.9 Å². The molecule has 0 saturated carbocycles. The van der Waals surface area contributed by atoms with Crippen molar-refractivity contribution in [1.82, 2.24) is 0 Å². The smallest absolute Gasteiger partial charge is 0.205 e. The molecule has 0 aliphatic carbocycles. The van der Waals surface area contributed by atoms with Gasteiger partial charge in [-0.1, -0.05) is 18.2 Å². The fourth-order valence-corrected chi connectivity index (χ4v) is 4.48. The predicted octanol–water partition coefficient (Wildman–Crippen LogP) is 5.62. The summed E-state index contributed by atoms with van der Waals surface area (Å²) in [6.45, 7) is 0. The van der Waals surface area contributed by atoms with Crippen molar-refractivity contribution in [1.29, 1.82) is 5.26 Å². The second-order valence-electron chi connectivity index (χ2n) is 6.88. The fourth-order valence-electron chi connectivity index (χ4n) is 3.30. The highest BCUT2D eigenvalue weighted by Crippen LogP contribution is 2.45. The van der Waals surface area contributed by atoms with E-state index in [4.69, 9.17) is 10.5 Å². The van der Waals surface area contributed by atoms with Crippen LogP contribution in [0.1, 0.15) is 20.8 Å². The first-order chi connectivity index (χ1) is 15.5. The number of thiophene rings is 1. The second-order valence-corrected chi connectivity index (χ2v) is 7.88. The topological polar surface area (TPSA) is 99.6 Å². The van der Waals surface area contributed by atoms with Crippen molar-refractivity contribution in [2.45, 2.75) is 0 Å². The van der Waals surface area contributed by atoms with E-state index in [1.54, 1.807) is 55.6 Å². The van der Waals surface area contributed by atoms with Crippen molar-refractivity contribution in [3.8, 4) is 17.6 Å². The summed E-state index contributed by atoms with van der Waals surface area (Å²) in [5.74, 6) is 0.502. The lowest BCUT2D eigenvalue weighted by molar-refractivity contribution is 0.104. The lowest BCUT2D eigenvalue weighted by Crippen LogP contribution is -2.09. The van der Waals surface area contributed by atoms with E-state index in [2.05, 4.69) is 6.07 Å². The summed E-state index contributed by atoms with van der Waals surface area (Å²) in [5, 5.41) is 20.2. The van der Waals surface area contributed by atoms with Gasteiger partial charge in [-0.25, -0.2) is 0 Å². The molecule has 0 fully saturated rings. The van der Waals surface area contributed by atoms with Crippen molar-refractivity contribution < 1.29 is 14.6 Å². The highest BCUT2D eigenvalue weighted by molar-refractivity contribution is 7.19. The molecule has 32 heavy (non-hydrogen) atoms. The number of phenolic OH excluding ortho intramolecular Hbond substituents is 1. The maximum Gasteiger partial charge on any atom is 0.205 e. The summed E-state index contributed by atoms with van der Waals surface area (Å²) in [6, 6.07) is 25.0. The monoisotopic (exact) mass is 441 g/mol. The third-order valence-corrected chi connectivity index (χ3v) is 6.11. The van der Waals surface area contributed by atoms with Crippen molar-refractivity contribution >= 4 is 39.2 Å². The molecule has 0 saturated heterocycles. The molecule has 0 atom stereocenters. The normalized spacial score (nSPS) is 10.4. The van der Waals surface area contributed by atoms with Crippen molar-refractivity contribution in [3.05, 3.63) is 94.9 Å². The number of aromatic hydroxyl groups is 1. The van der Waals surface area contributed by atoms with Crippen LogP contribution in [0.25, 0.3) is 0 Å². The van der Waals surface area contributed by atoms with Crippen LogP contribution in [-0.2, 0) is 0 Å². The highest BCUT2D eigenvalue weighted by Gasteiger charge is 2.27. The van der Waals surface area contributed by atoms with E-state index in [9.17, 15) is 15.2 Å². The number of ether oxygens (including phenoxy) is 1. The van der Waals surface area contributed by atoms with Gasteiger partial charge in [0.05, 0.1) is 12.8 Å². The van der Waals surface area contributed by atoms with Gasteiger partial charge in [0.15, 0.2) is 0 Å². The SMILES string of the molecule is COc1ccc(C(=O)c2sc(N(c3ccccc3)c3ccc(O)cc3)c(C#N)c2N)cc1. The summed E-state index contributed by atoms with van der Waals surface area (Å²) in [4.78, 5) is 15.4. The van der Waals surface area contributed by atoms with E-state index in [1.165, 1.54) is 0 Å². The first-order valence-corrected chi connectivity index (χ1v) is 10.5. The number of para-hydroxylation sites is 1. The van der Waals surface area contributed by atoms with Gasteiger partial charge >= 0.3 is 0 Å². The Morgan fingerprint density at radius 1 is 1.00 bits per heavy atom. The number of hydrogen-bond acceptors (Lipinski definition) is 7. The van der Waals surface area contributed by atoms with Crippen LogP contribution in [0.3, 0.4) is 0 Å². The molecule has 0 radical (unpaired) electrons. The number of rotatable bonds is 6. The average molecular weight is 442 g/mol. The van der Waals surface area contributed by atoms with Crippen LogP contribution in [0.4, 0.5) is 22.1 Å². The molecule has 6 nitrogen and oxygen atoms in total. The Bertz CT molecular complexity index is 1290. The molecule has 158 valence electrons. The summed E-state index contributed by atoms with van der Waals surface area (Å²) in [6.07, 6.45) is 0. The maximum absolute atomic E-state index is 13.2. The lowest BCUT2D eigenvalue weighted by Gasteiger charge is -2.24. The van der Waals surface area contributed by atoms with E-state index in [-0.39, 0.29) is 22.8 Å². The van der Waals surface area contributed by atoms with Crippen molar-refractivity contribution in [2.75, 3.05) is 17.7 Å². The first kappa shape index (κ1) is 21.0. The zero-order valence-corrected chi connectivity index (χ0v) is 18.0. The summed E-state index contributed by atoms with van der Waals surface area (Å²) in [5.41, 5.74) is 8.63. The molecule has 3 N–H and O–H groups in total. The highest BCUT2D eigenvalue weighted by atomic mass is 32.1. The Kier molecular flexibility index (Phi) is 5.79. The Morgan fingerprint density at radius 2 is 1.62 bits per heavy atom. The number of nitrogens with two attached hydrogens (primary N) is 1. The fraction of sp³-hybridized carbons (Fsp3) is 0.0400. The zero-order chi connectivity index (χ0) is 22.7. The van der Waals surface area contributed by atoms with E-state index in [0.29, 0.717) is 21.2 Å². The molecule has 1 heterocycles. The van der Waals surface area contributed by atoms with Crippen molar-refractivity contribution in [2.24, 2.45) is 0 Å². The van der Waals surface area contributed by atoms with Gasteiger partial charge in [0, 0.05) is 16.9 Å². The van der Waals surface area contributed by atoms with Gasteiger partial charge < -0.3 is 20.5 Å². The third kappa shape index (κ3) is 3.87. The maximum atomic E-state index is 13.2. The summed E-state index contributed by atoms with van der Waals surface area (Å²) in [7, 11) is 1.56. The molecule has 0 unspecified atom stereocenters. The van der Waals surface area contributed by atoms with Crippen molar-refractivity contribution in [3.63, 3.8) is 0 Å². The number of nitriles is 1. The minimum absolute atomic E-state index is 0.128. The van der Waals surface area contributed by atoms with Gasteiger partial charge in [-0.05, 0) is 60.7 Å². The molecule has 0 amide bonds. The van der Waals surface area contributed by atoms with Crippen LogP contribution < -0.4 is 15.4 Å². The van der Waals surface area contributed by atoms with Gasteiger partial charge in [-0.15, -0.1) is 11.3 Å². The number of benzene rings is 3. The summed E-state index contributed by atoms with van der Waals surface area (Å²) >= 11 is 1.16. The molecule has 4 rings (SSSR count). The number of anilines is 4. The molecular weight excluding hydrogens is 422 g/mol. The van der Waals surface area contributed by atoms with Gasteiger partial charge in [0.2, 0.25) is 5.78 Å². The number of ketones is 1. The molecule has 3 aromatic carbocycles. The molecule has 0 spiro atoms. The van der Waals surface area contributed by atoms with E-state index in [1.807, 2.05) is 35.2 Å². The Labute approximate surface area is 189 Å². The number of carbonyl (C=O) groups excluding carboxylic acids is 1. The van der Waals surface area contributed by atoms with Gasteiger partial charge in [-0.2, -0.15) is 5.26 Å². The van der Waals surface area contributed by atoms with Crippen LogP contribution in [0.2, 0.25) is 0 Å². The molecule has 1 aromatic heterocycles. The van der Waals surface area contributed by atoms with Crippen LogP contribution >= 0.6 is 11.3 Å². The largest absolute Gasteiger partial charge is 0.508 e. The number of carbonyl (C=O) groups is 1. The number of hydrogen-bond donors (Lipinski definition) is 2. The van der Waals surface area contributed by atoms with Gasteiger partial charge in [0.1, 0.15) is 33.0 Å². The molecular formula is C25H19N3O3S. The molecule has 0 bridgehead atoms. The first-order valence-electron chi connectivity index (χ1n) is 9.68. The Balaban J connectivity index is 1.86. The third-order valence-electron chi connectivity index (χ3n) is 4.92. The van der Waals surface area contributed by atoms with Crippen LogP contribution in [-0.4, -0.2) is 18.0 Å². The quantitative estimate of drug-likeness (QED) is 0.377. The zero-order valence-electron chi connectivity index (χ0n) is 17.1. The average Bonchev–Trinajstić information content (AvgIpc) is 3.16. The number of nitrogens with zero attached hydrogens (tertiary/aromatic N) is 2. The number of methoxy groups -OCH3 is 1. The van der Waals surface area contributed by atoms with Crippen LogP contribution in [0, 0.1) is 11.3 Å². The van der Waals surface area contributed by atoms with E-state index < -0.39 is 0 Å². The molecule has 4 aromatic rings. The molecule has 7 heteroatoms. The van der Waals surface area contributed by atoms with Gasteiger partial charge in [0.25, 0.3) is 0 Å². The molecule has 0 aliphatic heterocycles. The molecule has 0 aliphatic rings. The Hall–Kier alpha value is -4.28. The predicted molar refractivity (Wildman–Crippen MR) is 126 cm³/mol. The van der Waals surface area contributed by atoms with Gasteiger partial charge in [-0.3, -0.25) is 4.79 Å². The Morgan fingerprint density at radius 3 is 2.22 bits per heavy atom. The van der Waals surface area contributed by atoms with Crippen LogP contribution in [0.5, 0.6) is 11.5 Å². The van der Waals surface area contributed by atoms with E-state index >= 15 is 0 Å². The second kappa shape index (κ2) is 8.84. The summed E-state index contributed by atoms with van der Waals surface area (Å²) < 4.78 is 5.16.